The number of fused-ring (bicyclic) bond motifs is 7. The summed E-state index contributed by atoms with van der Waals surface area (Å²) in [5.41, 5.74) is 30.0. The van der Waals surface area contributed by atoms with Gasteiger partial charge in [-0.25, -0.2) is 9.97 Å². The average molecular weight is 1200 g/mol. The molecule has 4 heterocycles. The van der Waals surface area contributed by atoms with E-state index in [1.165, 1.54) is 21.8 Å². The predicted octanol–water partition coefficient (Wildman–Crippen LogP) is 21.0. The lowest BCUT2D eigenvalue weighted by atomic mass is 9.33. The van der Waals surface area contributed by atoms with Crippen LogP contribution in [0.2, 0.25) is 0 Å². The first-order chi connectivity index (χ1) is 46.6. The Bertz CT molecular complexity index is 5190. The number of benzene rings is 14. The van der Waals surface area contributed by atoms with Gasteiger partial charge in [0.1, 0.15) is 0 Å². The molecule has 2 aromatic heterocycles. The van der Waals surface area contributed by atoms with Gasteiger partial charge in [0, 0.05) is 67.3 Å². The zero-order valence-corrected chi connectivity index (χ0v) is 51.3. The fourth-order valence-corrected chi connectivity index (χ4v) is 14.6. The van der Waals surface area contributed by atoms with Crippen LogP contribution in [0, 0.1) is 0 Å². The molecule has 2 aliphatic rings. The molecule has 0 N–H and O–H groups in total. The first-order valence-corrected chi connectivity index (χ1v) is 32.2. The lowest BCUT2D eigenvalue weighted by Gasteiger charge is -2.44. The number of para-hydroxylation sites is 3. The average Bonchev–Trinajstić information content (AvgIpc) is 0.798. The van der Waals surface area contributed by atoms with Gasteiger partial charge in [-0.1, -0.05) is 255 Å². The van der Waals surface area contributed by atoms with E-state index >= 15 is 0 Å². The van der Waals surface area contributed by atoms with Crippen LogP contribution in [-0.4, -0.2) is 21.2 Å². The van der Waals surface area contributed by atoms with Gasteiger partial charge >= 0.3 is 0 Å². The Balaban J connectivity index is 0.873. The molecule has 0 fully saturated rings. The molecular weight excluding hydrogens is 1140 g/mol. The lowest BCUT2D eigenvalue weighted by molar-refractivity contribution is 1.16. The van der Waals surface area contributed by atoms with E-state index in [2.05, 4.69) is 354 Å². The van der Waals surface area contributed by atoms with Crippen molar-refractivity contribution >= 4 is 79.0 Å². The van der Waals surface area contributed by atoms with Crippen molar-refractivity contribution in [1.82, 2.24) is 14.5 Å². The third-order valence-electron chi connectivity index (χ3n) is 18.9. The highest BCUT2D eigenvalue weighted by molar-refractivity contribution is 7.00. The molecule has 0 unspecified atom stereocenters. The van der Waals surface area contributed by atoms with Gasteiger partial charge in [0.2, 0.25) is 0 Å². The highest BCUT2D eigenvalue weighted by Gasteiger charge is 2.44. The second-order valence-electron chi connectivity index (χ2n) is 24.5. The Morgan fingerprint density at radius 2 is 0.606 bits per heavy atom. The van der Waals surface area contributed by atoms with Crippen LogP contribution >= 0.6 is 0 Å². The zero-order chi connectivity index (χ0) is 62.1. The largest absolute Gasteiger partial charge is 0.311 e. The monoisotopic (exact) mass is 1200 g/mol. The normalized spacial score (nSPS) is 12.2. The SMILES string of the molecule is c1ccc(-c2cc(-c3ccccc3)cc(N3c4ccccc4B4c5ccccc5N(c5cc(-c6ccccc6)cc(-c6ccccc6)c5)c5cc(-c6ccc7c(c6)c6ccccc6n7-c6cccc(-c7nc(-c8ccccc8)cc(-c8ccccc8)n7)c6)cc3c54)c2)cc1. The zero-order valence-electron chi connectivity index (χ0n) is 51.3. The molecule has 438 valence electrons. The third-order valence-corrected chi connectivity index (χ3v) is 18.9. The molecule has 14 aromatic carbocycles. The summed E-state index contributed by atoms with van der Waals surface area (Å²) in [6, 6.07) is 128. The van der Waals surface area contributed by atoms with E-state index in [0.717, 1.165) is 140 Å². The van der Waals surface area contributed by atoms with Crippen LogP contribution in [0.4, 0.5) is 34.1 Å². The molecule has 5 nitrogen and oxygen atoms in total. The van der Waals surface area contributed by atoms with Gasteiger partial charge in [0.15, 0.2) is 5.82 Å². The molecule has 0 aliphatic carbocycles. The maximum Gasteiger partial charge on any atom is 0.252 e. The number of hydrogen-bond acceptors (Lipinski definition) is 4. The Hall–Kier alpha value is -12.4. The van der Waals surface area contributed by atoms with Crippen molar-refractivity contribution in [3.63, 3.8) is 0 Å². The number of anilines is 6. The lowest BCUT2D eigenvalue weighted by Crippen LogP contribution is -2.61. The fourth-order valence-electron chi connectivity index (χ4n) is 14.6. The molecular formula is C88H58BN5. The summed E-state index contributed by atoms with van der Waals surface area (Å²) in [5, 5.41) is 2.33. The van der Waals surface area contributed by atoms with Crippen molar-refractivity contribution in [2.75, 3.05) is 9.80 Å². The summed E-state index contributed by atoms with van der Waals surface area (Å²) in [4.78, 5) is 15.7. The summed E-state index contributed by atoms with van der Waals surface area (Å²) in [7, 11) is 0. The molecule has 94 heavy (non-hydrogen) atoms. The van der Waals surface area contributed by atoms with Crippen LogP contribution in [0.15, 0.2) is 352 Å². The van der Waals surface area contributed by atoms with Crippen molar-refractivity contribution < 1.29 is 0 Å². The highest BCUT2D eigenvalue weighted by atomic mass is 15.2. The topological polar surface area (TPSA) is 37.2 Å². The minimum Gasteiger partial charge on any atom is -0.311 e. The summed E-state index contributed by atoms with van der Waals surface area (Å²) >= 11 is 0. The van der Waals surface area contributed by atoms with Crippen LogP contribution in [0.25, 0.3) is 117 Å². The maximum absolute atomic E-state index is 5.26. The van der Waals surface area contributed by atoms with Gasteiger partial charge in [-0.15, -0.1) is 0 Å². The minimum atomic E-state index is -0.0805. The van der Waals surface area contributed by atoms with Gasteiger partial charge in [0.05, 0.1) is 22.4 Å². The number of aromatic nitrogens is 3. The quantitative estimate of drug-likeness (QED) is 0.121. The second kappa shape index (κ2) is 22.8. The van der Waals surface area contributed by atoms with Crippen molar-refractivity contribution in [3.05, 3.63) is 352 Å². The van der Waals surface area contributed by atoms with E-state index in [4.69, 9.17) is 9.97 Å². The Labute approximate surface area is 547 Å². The standard InChI is InChI=1S/C88H58BN5/c1-7-26-59(27-8-1)67-48-68(60-28-9-2-10-29-60)52-73(51-67)93-83-44-23-20-41-77(83)89-78-42-21-24-45-84(78)94(74-53-69(61-30-11-3-12-31-61)49-70(54-74)62-32-13-4-14-33-62)86-57-71(56-85(93)87(86)89)65-46-47-82-76(55-65)75-40-19-22-43-81(75)92(82)72-39-25-38-66(50-72)88-90-79(63-34-15-5-16-35-63)58-80(91-88)64-36-17-6-18-37-64/h1-58H. The number of hydrogen-bond donors (Lipinski definition) is 0. The van der Waals surface area contributed by atoms with E-state index in [0.29, 0.717) is 5.82 Å². The van der Waals surface area contributed by atoms with Crippen molar-refractivity contribution in [2.24, 2.45) is 0 Å². The van der Waals surface area contributed by atoms with E-state index in [9.17, 15) is 0 Å². The first kappa shape index (κ1) is 54.5. The molecule has 0 saturated heterocycles. The molecule has 6 heteroatoms. The molecule has 0 atom stereocenters. The summed E-state index contributed by atoms with van der Waals surface area (Å²) < 4.78 is 2.41. The number of rotatable bonds is 11. The van der Waals surface area contributed by atoms with Crippen LogP contribution in [0.1, 0.15) is 0 Å². The summed E-state index contributed by atoms with van der Waals surface area (Å²) in [6.07, 6.45) is 0. The van der Waals surface area contributed by atoms with E-state index in [1.807, 2.05) is 12.1 Å². The summed E-state index contributed by atoms with van der Waals surface area (Å²) in [5.74, 6) is 0.670. The molecule has 0 spiro atoms. The van der Waals surface area contributed by atoms with Crippen molar-refractivity contribution in [2.45, 2.75) is 0 Å². The Kier molecular flexibility index (Phi) is 13.3. The van der Waals surface area contributed by atoms with Gasteiger partial charge in [-0.05, 0) is 169 Å². The summed E-state index contributed by atoms with van der Waals surface area (Å²) in [6.45, 7) is -0.0805. The van der Waals surface area contributed by atoms with E-state index in [1.54, 1.807) is 0 Å². The molecule has 2 aliphatic heterocycles. The molecule has 16 aromatic rings. The first-order valence-electron chi connectivity index (χ1n) is 32.2. The molecule has 0 bridgehead atoms. The highest BCUT2D eigenvalue weighted by Crippen LogP contribution is 2.49. The molecule has 0 amide bonds. The van der Waals surface area contributed by atoms with Gasteiger partial charge in [0.25, 0.3) is 6.71 Å². The number of nitrogens with zero attached hydrogens (tertiary/aromatic N) is 5. The van der Waals surface area contributed by atoms with Crippen LogP contribution in [-0.2, 0) is 0 Å². The smallest absolute Gasteiger partial charge is 0.252 e. The van der Waals surface area contributed by atoms with Crippen molar-refractivity contribution in [3.8, 4) is 95.2 Å². The van der Waals surface area contributed by atoms with Crippen LogP contribution < -0.4 is 26.2 Å². The Morgan fingerprint density at radius 1 is 0.223 bits per heavy atom. The maximum atomic E-state index is 5.26. The van der Waals surface area contributed by atoms with Gasteiger partial charge in [-0.3, -0.25) is 0 Å². The van der Waals surface area contributed by atoms with Crippen LogP contribution in [0.3, 0.4) is 0 Å². The van der Waals surface area contributed by atoms with Crippen molar-refractivity contribution in [1.29, 1.82) is 0 Å². The predicted molar refractivity (Wildman–Crippen MR) is 394 cm³/mol. The molecule has 18 rings (SSSR count). The van der Waals surface area contributed by atoms with Crippen LogP contribution in [0.5, 0.6) is 0 Å². The fraction of sp³-hybridized carbons (Fsp3) is 0. The minimum absolute atomic E-state index is 0.0805. The third kappa shape index (κ3) is 9.50. The molecule has 0 saturated carbocycles. The van der Waals surface area contributed by atoms with E-state index < -0.39 is 0 Å². The van der Waals surface area contributed by atoms with E-state index in [-0.39, 0.29) is 6.71 Å². The Morgan fingerprint density at radius 3 is 1.09 bits per heavy atom. The molecule has 0 radical (unpaired) electrons. The second-order valence-corrected chi connectivity index (χ2v) is 24.5. The van der Waals surface area contributed by atoms with Gasteiger partial charge < -0.3 is 14.4 Å². The van der Waals surface area contributed by atoms with Gasteiger partial charge in [-0.2, -0.15) is 0 Å².